The molecule has 0 saturated heterocycles. The predicted octanol–water partition coefficient (Wildman–Crippen LogP) is 4.62. The van der Waals surface area contributed by atoms with Gasteiger partial charge < -0.3 is 10.1 Å². The molecule has 8 heteroatoms. The first-order valence-corrected chi connectivity index (χ1v) is 9.09. The quantitative estimate of drug-likeness (QED) is 0.506. The smallest absolute Gasteiger partial charge is 0.219 e. The Kier molecular flexibility index (Phi) is 5.44. The predicted molar refractivity (Wildman–Crippen MR) is 107 cm³/mol. The third-order valence-electron chi connectivity index (χ3n) is 4.41. The van der Waals surface area contributed by atoms with Crippen LogP contribution in [0.3, 0.4) is 0 Å². The second kappa shape index (κ2) is 8.49. The Balaban J connectivity index is 1.38. The van der Waals surface area contributed by atoms with Crippen molar-refractivity contribution in [3.8, 4) is 17.7 Å². The van der Waals surface area contributed by atoms with Gasteiger partial charge in [0, 0.05) is 18.8 Å². The molecule has 0 spiro atoms. The van der Waals surface area contributed by atoms with Crippen LogP contribution in [0.25, 0.3) is 10.9 Å². The lowest BCUT2D eigenvalue weighted by molar-refractivity contribution is 0.462. The molecule has 4 rings (SSSR count). The molecule has 0 fully saturated rings. The van der Waals surface area contributed by atoms with Crippen LogP contribution < -0.4 is 10.1 Å². The Bertz CT molecular complexity index is 1220. The highest BCUT2D eigenvalue weighted by molar-refractivity contribution is 5.89. The molecule has 1 N–H and O–H groups in total. The van der Waals surface area contributed by atoms with E-state index in [0.29, 0.717) is 30.2 Å². The first-order chi connectivity index (χ1) is 14.6. The molecule has 0 aliphatic heterocycles. The summed E-state index contributed by atoms with van der Waals surface area (Å²) in [7, 11) is 0. The molecule has 0 aliphatic rings. The molecule has 0 aliphatic carbocycles. The van der Waals surface area contributed by atoms with Crippen molar-refractivity contribution in [3.05, 3.63) is 83.8 Å². The van der Waals surface area contributed by atoms with E-state index in [1.165, 1.54) is 12.5 Å². The standard InChI is InChI=1S/C22H15F2N5O/c23-17-6-7-18(24)21-20(17)22(29-13-28-21)26-10-9-14-1-4-16(5-2-14)30-19-8-3-15(11-25)12-27-19/h1-8,12-13H,9-10H2,(H,26,28,29). The van der Waals surface area contributed by atoms with Gasteiger partial charge in [0.2, 0.25) is 5.88 Å². The van der Waals surface area contributed by atoms with E-state index in [9.17, 15) is 8.78 Å². The maximum absolute atomic E-state index is 14.1. The Morgan fingerprint density at radius 2 is 1.73 bits per heavy atom. The van der Waals surface area contributed by atoms with Crippen LogP contribution in [-0.4, -0.2) is 21.5 Å². The molecule has 2 aromatic heterocycles. The summed E-state index contributed by atoms with van der Waals surface area (Å²) in [5, 5.41) is 11.9. The Morgan fingerprint density at radius 1 is 0.933 bits per heavy atom. The molecular weight excluding hydrogens is 388 g/mol. The number of nitrogens with one attached hydrogen (secondary N) is 1. The van der Waals surface area contributed by atoms with Crippen LogP contribution >= 0.6 is 0 Å². The number of fused-ring (bicyclic) bond motifs is 1. The zero-order valence-electron chi connectivity index (χ0n) is 15.6. The van der Waals surface area contributed by atoms with Crippen LogP contribution in [0.5, 0.6) is 11.6 Å². The number of hydrogen-bond acceptors (Lipinski definition) is 6. The van der Waals surface area contributed by atoms with Crippen molar-refractivity contribution in [2.24, 2.45) is 0 Å². The van der Waals surface area contributed by atoms with Gasteiger partial charge in [-0.25, -0.2) is 23.7 Å². The number of nitriles is 1. The van der Waals surface area contributed by atoms with Gasteiger partial charge in [-0.05, 0) is 42.3 Å². The Hall–Kier alpha value is -4.12. The highest BCUT2D eigenvalue weighted by Crippen LogP contribution is 2.25. The van der Waals surface area contributed by atoms with E-state index in [-0.39, 0.29) is 16.7 Å². The number of rotatable bonds is 6. The number of anilines is 1. The van der Waals surface area contributed by atoms with Crippen molar-refractivity contribution in [3.63, 3.8) is 0 Å². The fourth-order valence-corrected chi connectivity index (χ4v) is 2.91. The number of aromatic nitrogens is 3. The van der Waals surface area contributed by atoms with Crippen LogP contribution in [0.4, 0.5) is 14.6 Å². The van der Waals surface area contributed by atoms with Crippen LogP contribution in [0, 0.1) is 23.0 Å². The van der Waals surface area contributed by atoms with Crippen molar-refractivity contribution in [2.75, 3.05) is 11.9 Å². The minimum Gasteiger partial charge on any atom is -0.439 e. The first kappa shape index (κ1) is 19.2. The summed E-state index contributed by atoms with van der Waals surface area (Å²) in [4.78, 5) is 11.9. The van der Waals surface area contributed by atoms with Crippen LogP contribution in [0.15, 0.2) is 61.1 Å². The molecule has 0 saturated carbocycles. The van der Waals surface area contributed by atoms with E-state index in [1.807, 2.05) is 30.3 Å². The van der Waals surface area contributed by atoms with Crippen LogP contribution in [-0.2, 0) is 6.42 Å². The van der Waals surface area contributed by atoms with Crippen molar-refractivity contribution in [2.45, 2.75) is 6.42 Å². The van der Waals surface area contributed by atoms with Gasteiger partial charge in [0.15, 0.2) is 0 Å². The normalized spacial score (nSPS) is 10.6. The summed E-state index contributed by atoms with van der Waals surface area (Å²) in [6, 6.07) is 14.8. The molecule has 0 amide bonds. The molecule has 0 radical (unpaired) electrons. The number of halogens is 2. The van der Waals surface area contributed by atoms with E-state index in [1.54, 1.807) is 12.1 Å². The molecule has 0 bridgehead atoms. The summed E-state index contributed by atoms with van der Waals surface area (Å²) < 4.78 is 33.6. The minimum atomic E-state index is -0.593. The fourth-order valence-electron chi connectivity index (χ4n) is 2.91. The zero-order valence-corrected chi connectivity index (χ0v) is 15.6. The summed E-state index contributed by atoms with van der Waals surface area (Å²) in [6.07, 6.45) is 3.29. The average Bonchev–Trinajstić information content (AvgIpc) is 2.78. The largest absolute Gasteiger partial charge is 0.439 e. The molecular formula is C22H15F2N5O. The third kappa shape index (κ3) is 4.15. The molecule has 0 unspecified atom stereocenters. The monoisotopic (exact) mass is 403 g/mol. The van der Waals surface area contributed by atoms with Gasteiger partial charge in [0.25, 0.3) is 0 Å². The number of pyridine rings is 1. The molecule has 2 aromatic carbocycles. The lowest BCUT2D eigenvalue weighted by atomic mass is 10.1. The number of benzene rings is 2. The molecule has 0 atom stereocenters. The van der Waals surface area contributed by atoms with Crippen LogP contribution in [0.1, 0.15) is 11.1 Å². The van der Waals surface area contributed by atoms with E-state index in [0.717, 1.165) is 17.7 Å². The lowest BCUT2D eigenvalue weighted by Crippen LogP contribution is -2.08. The van der Waals surface area contributed by atoms with Gasteiger partial charge in [-0.15, -0.1) is 0 Å². The third-order valence-corrected chi connectivity index (χ3v) is 4.41. The average molecular weight is 403 g/mol. The van der Waals surface area contributed by atoms with E-state index in [4.69, 9.17) is 10.00 Å². The fraction of sp³-hybridized carbons (Fsp3) is 0.0909. The highest BCUT2D eigenvalue weighted by atomic mass is 19.1. The summed E-state index contributed by atoms with van der Waals surface area (Å²) >= 11 is 0. The number of hydrogen-bond donors (Lipinski definition) is 1. The lowest BCUT2D eigenvalue weighted by Gasteiger charge is -2.10. The maximum atomic E-state index is 14.1. The van der Waals surface area contributed by atoms with Crippen molar-refractivity contribution < 1.29 is 13.5 Å². The topological polar surface area (TPSA) is 83.7 Å². The van der Waals surface area contributed by atoms with E-state index < -0.39 is 11.6 Å². The summed E-state index contributed by atoms with van der Waals surface area (Å²) in [6.45, 7) is 0.472. The van der Waals surface area contributed by atoms with Crippen molar-refractivity contribution in [1.29, 1.82) is 5.26 Å². The summed E-state index contributed by atoms with van der Waals surface area (Å²) in [5.41, 5.74) is 1.43. The number of nitrogens with zero attached hydrogens (tertiary/aromatic N) is 4. The van der Waals surface area contributed by atoms with Crippen molar-refractivity contribution in [1.82, 2.24) is 15.0 Å². The van der Waals surface area contributed by atoms with E-state index in [2.05, 4.69) is 20.3 Å². The zero-order chi connectivity index (χ0) is 20.9. The van der Waals surface area contributed by atoms with Gasteiger partial charge in [-0.1, -0.05) is 12.1 Å². The molecule has 30 heavy (non-hydrogen) atoms. The Labute approximate surface area is 170 Å². The molecule has 6 nitrogen and oxygen atoms in total. The van der Waals surface area contributed by atoms with Gasteiger partial charge in [-0.3, -0.25) is 0 Å². The van der Waals surface area contributed by atoms with Gasteiger partial charge in [0.1, 0.15) is 41.1 Å². The number of ether oxygens (including phenoxy) is 1. The second-order valence-electron chi connectivity index (χ2n) is 6.39. The maximum Gasteiger partial charge on any atom is 0.219 e. The molecule has 4 aromatic rings. The van der Waals surface area contributed by atoms with Gasteiger partial charge in [0.05, 0.1) is 10.9 Å². The summed E-state index contributed by atoms with van der Waals surface area (Å²) in [5.74, 6) is 0.0945. The highest BCUT2D eigenvalue weighted by Gasteiger charge is 2.12. The SMILES string of the molecule is N#Cc1ccc(Oc2ccc(CCNc3ncnc4c(F)ccc(F)c34)cc2)nc1. The van der Waals surface area contributed by atoms with Gasteiger partial charge in [-0.2, -0.15) is 5.26 Å². The minimum absolute atomic E-state index is 0.0381. The van der Waals surface area contributed by atoms with Crippen LogP contribution in [0.2, 0.25) is 0 Å². The van der Waals surface area contributed by atoms with Gasteiger partial charge >= 0.3 is 0 Å². The first-order valence-electron chi connectivity index (χ1n) is 9.09. The molecule has 2 heterocycles. The van der Waals surface area contributed by atoms with Crippen molar-refractivity contribution >= 4 is 16.7 Å². The Morgan fingerprint density at radius 3 is 2.47 bits per heavy atom. The molecule has 148 valence electrons. The second-order valence-corrected chi connectivity index (χ2v) is 6.39. The van der Waals surface area contributed by atoms with E-state index >= 15 is 0 Å².